The second-order valence-electron chi connectivity index (χ2n) is 5.61. The van der Waals surface area contributed by atoms with Gasteiger partial charge >= 0.3 is 6.18 Å². The predicted molar refractivity (Wildman–Crippen MR) is 71.4 cm³/mol. The molecule has 1 aromatic carbocycles. The summed E-state index contributed by atoms with van der Waals surface area (Å²) in [6.45, 7) is 2.64. The fourth-order valence-corrected chi connectivity index (χ4v) is 2.44. The second-order valence-corrected chi connectivity index (χ2v) is 5.61. The van der Waals surface area contributed by atoms with E-state index in [2.05, 4.69) is 0 Å². The summed E-state index contributed by atoms with van der Waals surface area (Å²) in [6.07, 6.45) is -3.58. The molecule has 0 amide bonds. The van der Waals surface area contributed by atoms with Crippen LogP contribution in [0.15, 0.2) is 24.3 Å². The quantitative estimate of drug-likeness (QED) is 0.896. The maximum atomic E-state index is 12.6. The number of nitrogens with zero attached hydrogens (tertiary/aromatic N) is 1. The average molecular weight is 287 g/mol. The Kier molecular flexibility index (Phi) is 4.39. The topological polar surface area (TPSA) is 23.5 Å². The maximum Gasteiger partial charge on any atom is 0.401 e. The first kappa shape index (κ1) is 15.3. The zero-order chi connectivity index (χ0) is 14.9. The van der Waals surface area contributed by atoms with Crippen LogP contribution in [0.25, 0.3) is 0 Å². The Balaban J connectivity index is 2.10. The van der Waals surface area contributed by atoms with Crippen molar-refractivity contribution < 1.29 is 18.3 Å². The summed E-state index contributed by atoms with van der Waals surface area (Å²) < 4.78 is 37.9. The van der Waals surface area contributed by atoms with Crippen LogP contribution in [0, 0.1) is 6.92 Å². The summed E-state index contributed by atoms with van der Waals surface area (Å²) in [7, 11) is 0. The first-order chi connectivity index (χ1) is 9.28. The summed E-state index contributed by atoms with van der Waals surface area (Å²) in [5.41, 5.74) is 1.72. The van der Waals surface area contributed by atoms with Crippen molar-refractivity contribution in [1.82, 2.24) is 4.90 Å². The Bertz CT molecular complexity index is 439. The van der Waals surface area contributed by atoms with Crippen LogP contribution in [0.3, 0.4) is 0 Å². The molecule has 1 fully saturated rings. The highest BCUT2D eigenvalue weighted by Crippen LogP contribution is 2.35. The summed E-state index contributed by atoms with van der Waals surface area (Å²) in [5, 5.41) is 10.3. The number of halogens is 3. The number of aryl methyl sites for hydroxylation is 1. The lowest BCUT2D eigenvalue weighted by molar-refractivity contribution is -0.156. The van der Waals surface area contributed by atoms with Crippen LogP contribution < -0.4 is 0 Å². The molecule has 0 aromatic heterocycles. The Labute approximate surface area is 117 Å². The Hall–Kier alpha value is -1.07. The van der Waals surface area contributed by atoms with Gasteiger partial charge in [-0.15, -0.1) is 0 Å². The van der Waals surface area contributed by atoms with Gasteiger partial charge < -0.3 is 5.11 Å². The van der Waals surface area contributed by atoms with Gasteiger partial charge in [0.15, 0.2) is 0 Å². The number of aliphatic hydroxyl groups excluding tert-OH is 1. The van der Waals surface area contributed by atoms with Gasteiger partial charge in [-0.25, -0.2) is 0 Å². The molecule has 0 heterocycles. The largest absolute Gasteiger partial charge is 0.401 e. The Morgan fingerprint density at radius 1 is 1.25 bits per heavy atom. The molecule has 1 saturated carbocycles. The highest BCUT2D eigenvalue weighted by atomic mass is 19.4. The van der Waals surface area contributed by atoms with Gasteiger partial charge in [-0.2, -0.15) is 13.2 Å². The lowest BCUT2D eigenvalue weighted by atomic mass is 10.0. The zero-order valence-electron chi connectivity index (χ0n) is 11.7. The number of alkyl halides is 3. The minimum absolute atomic E-state index is 0.0493. The first-order valence-electron chi connectivity index (χ1n) is 6.85. The lowest BCUT2D eigenvalue weighted by Crippen LogP contribution is -2.44. The van der Waals surface area contributed by atoms with E-state index in [9.17, 15) is 18.3 Å². The predicted octanol–water partition coefficient (Wildman–Crippen LogP) is 3.44. The monoisotopic (exact) mass is 287 g/mol. The van der Waals surface area contributed by atoms with E-state index in [4.69, 9.17) is 0 Å². The van der Waals surface area contributed by atoms with Gasteiger partial charge in [-0.3, -0.25) is 4.90 Å². The molecular formula is C15H20F3NO. The number of benzene rings is 1. The molecule has 20 heavy (non-hydrogen) atoms. The smallest absolute Gasteiger partial charge is 0.387 e. The molecule has 1 aromatic rings. The molecule has 2 nitrogen and oxygen atoms in total. The van der Waals surface area contributed by atoms with Gasteiger partial charge in [0.25, 0.3) is 0 Å². The van der Waals surface area contributed by atoms with Gasteiger partial charge in [-0.05, 0) is 32.3 Å². The molecule has 1 aliphatic rings. The molecule has 2 unspecified atom stereocenters. The van der Waals surface area contributed by atoms with Crippen LogP contribution >= 0.6 is 0 Å². The van der Waals surface area contributed by atoms with Crippen molar-refractivity contribution in [2.24, 2.45) is 0 Å². The van der Waals surface area contributed by atoms with Crippen molar-refractivity contribution in [2.45, 2.75) is 51.1 Å². The third-order valence-electron chi connectivity index (χ3n) is 3.78. The summed E-state index contributed by atoms with van der Waals surface area (Å²) in [4.78, 5) is 1.38. The van der Waals surface area contributed by atoms with E-state index in [1.165, 1.54) is 4.90 Å². The van der Waals surface area contributed by atoms with E-state index >= 15 is 0 Å². The summed E-state index contributed by atoms with van der Waals surface area (Å²) in [5.74, 6) is 0. The zero-order valence-corrected chi connectivity index (χ0v) is 11.7. The molecule has 1 aliphatic carbocycles. The molecule has 0 aliphatic heterocycles. The third-order valence-corrected chi connectivity index (χ3v) is 3.78. The number of hydrogen-bond donors (Lipinski definition) is 1. The summed E-state index contributed by atoms with van der Waals surface area (Å²) in [6, 6.07) is 6.66. The van der Waals surface area contributed by atoms with Crippen molar-refractivity contribution >= 4 is 0 Å². The standard InChI is InChI=1S/C15H20F3NO/c1-10-3-5-12(6-4-10)14(20)11(2)19(13-7-8-13)9-15(16,17)18/h3-6,11,13-14,20H,7-9H2,1-2H3. The molecule has 5 heteroatoms. The number of aliphatic hydroxyl groups is 1. The van der Waals surface area contributed by atoms with Crippen LogP contribution in [0.4, 0.5) is 13.2 Å². The number of hydrogen-bond acceptors (Lipinski definition) is 2. The highest BCUT2D eigenvalue weighted by molar-refractivity contribution is 5.24. The van der Waals surface area contributed by atoms with E-state index in [1.54, 1.807) is 19.1 Å². The van der Waals surface area contributed by atoms with Gasteiger partial charge in [-0.1, -0.05) is 29.8 Å². The SMILES string of the molecule is Cc1ccc(C(O)C(C)N(CC(F)(F)F)C2CC2)cc1. The van der Waals surface area contributed by atoms with Crippen LogP contribution in [-0.2, 0) is 0 Å². The maximum absolute atomic E-state index is 12.6. The van der Waals surface area contributed by atoms with Crippen molar-refractivity contribution in [3.8, 4) is 0 Å². The molecular weight excluding hydrogens is 267 g/mol. The third kappa shape index (κ3) is 3.96. The molecule has 0 spiro atoms. The van der Waals surface area contributed by atoms with Gasteiger partial charge in [0.1, 0.15) is 0 Å². The number of rotatable bonds is 5. The first-order valence-corrected chi connectivity index (χ1v) is 6.85. The lowest BCUT2D eigenvalue weighted by Gasteiger charge is -2.33. The average Bonchev–Trinajstić information content (AvgIpc) is 3.18. The molecule has 1 N–H and O–H groups in total. The van der Waals surface area contributed by atoms with Gasteiger partial charge in [0.05, 0.1) is 12.6 Å². The second kappa shape index (κ2) is 5.74. The van der Waals surface area contributed by atoms with Gasteiger partial charge in [0.2, 0.25) is 0 Å². The van der Waals surface area contributed by atoms with E-state index in [0.717, 1.165) is 18.4 Å². The van der Waals surface area contributed by atoms with Crippen molar-refractivity contribution in [1.29, 1.82) is 0 Å². The van der Waals surface area contributed by atoms with Crippen LogP contribution in [-0.4, -0.2) is 34.8 Å². The molecule has 0 saturated heterocycles. The van der Waals surface area contributed by atoms with Crippen molar-refractivity contribution in [3.63, 3.8) is 0 Å². The minimum Gasteiger partial charge on any atom is -0.387 e. The van der Waals surface area contributed by atoms with Crippen molar-refractivity contribution in [2.75, 3.05) is 6.54 Å². The molecule has 0 bridgehead atoms. The van der Waals surface area contributed by atoms with E-state index in [0.29, 0.717) is 5.56 Å². The fraction of sp³-hybridized carbons (Fsp3) is 0.600. The van der Waals surface area contributed by atoms with E-state index < -0.39 is 24.9 Å². The van der Waals surface area contributed by atoms with Gasteiger partial charge in [0, 0.05) is 12.1 Å². The summed E-state index contributed by atoms with van der Waals surface area (Å²) >= 11 is 0. The van der Waals surface area contributed by atoms with E-state index in [-0.39, 0.29) is 6.04 Å². The Morgan fingerprint density at radius 3 is 2.25 bits per heavy atom. The molecule has 112 valence electrons. The van der Waals surface area contributed by atoms with E-state index in [1.807, 2.05) is 19.1 Å². The molecule has 2 rings (SSSR count). The Morgan fingerprint density at radius 2 is 1.80 bits per heavy atom. The van der Waals surface area contributed by atoms with Crippen LogP contribution in [0.2, 0.25) is 0 Å². The molecule has 2 atom stereocenters. The normalized spacial score (nSPS) is 19.1. The van der Waals surface area contributed by atoms with Crippen LogP contribution in [0.1, 0.15) is 37.0 Å². The fourth-order valence-electron chi connectivity index (χ4n) is 2.44. The molecule has 0 radical (unpaired) electrons. The van der Waals surface area contributed by atoms with Crippen LogP contribution in [0.5, 0.6) is 0 Å². The minimum atomic E-state index is -4.23. The van der Waals surface area contributed by atoms with Crippen molar-refractivity contribution in [3.05, 3.63) is 35.4 Å². The highest BCUT2D eigenvalue weighted by Gasteiger charge is 2.41.